The molecule has 1 aromatic carbocycles. The maximum Gasteiger partial charge on any atom is 0.233 e. The van der Waals surface area contributed by atoms with E-state index < -0.39 is 11.6 Å². The van der Waals surface area contributed by atoms with Crippen molar-refractivity contribution in [2.24, 2.45) is 0 Å². The minimum Gasteiger partial charge on any atom is -0.504 e. The molecule has 3 rings (SSSR count). The Bertz CT molecular complexity index is 776. The Labute approximate surface area is 127 Å². The second-order valence-corrected chi connectivity index (χ2v) is 5.37. The molecule has 0 atom stereocenters. The zero-order chi connectivity index (χ0) is 15.0. The van der Waals surface area contributed by atoms with Gasteiger partial charge in [-0.2, -0.15) is 10.1 Å². The molecule has 8 heteroatoms. The van der Waals surface area contributed by atoms with Gasteiger partial charge in [0.2, 0.25) is 11.7 Å². The summed E-state index contributed by atoms with van der Waals surface area (Å²) in [6.45, 7) is 1.90. The lowest BCUT2D eigenvalue weighted by molar-refractivity contribution is 0.384. The number of hydrogen-bond donors (Lipinski definition) is 2. The Morgan fingerprint density at radius 1 is 1.38 bits per heavy atom. The van der Waals surface area contributed by atoms with Gasteiger partial charge in [0.15, 0.2) is 11.6 Å². The highest BCUT2D eigenvalue weighted by molar-refractivity contribution is 9.10. The van der Waals surface area contributed by atoms with Gasteiger partial charge in [-0.1, -0.05) is 5.16 Å². The summed E-state index contributed by atoms with van der Waals surface area (Å²) < 4.78 is 18.9. The highest BCUT2D eigenvalue weighted by atomic mass is 79.9. The van der Waals surface area contributed by atoms with E-state index in [2.05, 4.69) is 36.3 Å². The Morgan fingerprint density at radius 2 is 2.19 bits per heavy atom. The lowest BCUT2D eigenvalue weighted by Crippen LogP contribution is -1.89. The lowest BCUT2D eigenvalue weighted by Gasteiger charge is -2.00. The van der Waals surface area contributed by atoms with E-state index in [1.54, 1.807) is 0 Å². The van der Waals surface area contributed by atoms with Crippen molar-refractivity contribution in [3.8, 4) is 17.1 Å². The highest BCUT2D eigenvalue weighted by Crippen LogP contribution is 2.31. The standard InChI is InChI=1S/C13H10BrFN4O2/c1-6-2-8(18-17-6)5-11-16-13(19-21-11)7-3-9(14)12(20)10(15)4-7/h2-4,20H,5H2,1H3,(H,17,18). The smallest absolute Gasteiger partial charge is 0.233 e. The summed E-state index contributed by atoms with van der Waals surface area (Å²) in [6, 6.07) is 4.54. The lowest BCUT2D eigenvalue weighted by atomic mass is 10.2. The zero-order valence-electron chi connectivity index (χ0n) is 10.9. The number of aromatic nitrogens is 4. The second-order valence-electron chi connectivity index (χ2n) is 4.52. The maximum atomic E-state index is 13.5. The molecule has 3 aromatic rings. The summed E-state index contributed by atoms with van der Waals surface area (Å²) in [5, 5.41) is 20.1. The molecule has 0 radical (unpaired) electrons. The van der Waals surface area contributed by atoms with Crippen molar-refractivity contribution in [3.05, 3.63) is 45.8 Å². The van der Waals surface area contributed by atoms with Gasteiger partial charge in [-0.15, -0.1) is 0 Å². The van der Waals surface area contributed by atoms with E-state index in [0.717, 1.165) is 17.5 Å². The van der Waals surface area contributed by atoms with E-state index in [4.69, 9.17) is 4.52 Å². The number of phenols is 1. The van der Waals surface area contributed by atoms with Crippen LogP contribution in [0.15, 0.2) is 27.2 Å². The third kappa shape index (κ3) is 2.80. The van der Waals surface area contributed by atoms with E-state index in [9.17, 15) is 9.50 Å². The number of nitrogens with zero attached hydrogens (tertiary/aromatic N) is 3. The molecule has 0 saturated heterocycles. The number of halogens is 2. The van der Waals surface area contributed by atoms with Crippen LogP contribution in [0.4, 0.5) is 4.39 Å². The fraction of sp³-hybridized carbons (Fsp3) is 0.154. The molecule has 0 unspecified atom stereocenters. The molecule has 2 heterocycles. The molecule has 2 aromatic heterocycles. The van der Waals surface area contributed by atoms with Crippen molar-refractivity contribution in [1.82, 2.24) is 20.3 Å². The first-order valence-corrected chi connectivity index (χ1v) is 6.84. The number of nitrogens with one attached hydrogen (secondary N) is 1. The molecule has 0 bridgehead atoms. The molecule has 0 aliphatic carbocycles. The van der Waals surface area contributed by atoms with Crippen molar-refractivity contribution in [3.63, 3.8) is 0 Å². The van der Waals surface area contributed by atoms with E-state index >= 15 is 0 Å². The molecular formula is C13H10BrFN4O2. The van der Waals surface area contributed by atoms with E-state index in [-0.39, 0.29) is 10.3 Å². The monoisotopic (exact) mass is 352 g/mol. The first kappa shape index (κ1) is 13.7. The van der Waals surface area contributed by atoms with Crippen molar-refractivity contribution >= 4 is 15.9 Å². The van der Waals surface area contributed by atoms with Crippen molar-refractivity contribution in [1.29, 1.82) is 0 Å². The van der Waals surface area contributed by atoms with Gasteiger partial charge >= 0.3 is 0 Å². The minimum absolute atomic E-state index is 0.228. The van der Waals surface area contributed by atoms with Crippen LogP contribution >= 0.6 is 15.9 Å². The van der Waals surface area contributed by atoms with E-state index in [0.29, 0.717) is 17.9 Å². The van der Waals surface area contributed by atoms with Crippen LogP contribution in [-0.2, 0) is 6.42 Å². The van der Waals surface area contributed by atoms with Gasteiger partial charge in [-0.3, -0.25) is 5.10 Å². The largest absolute Gasteiger partial charge is 0.504 e. The first-order chi connectivity index (χ1) is 10.0. The van der Waals surface area contributed by atoms with Gasteiger partial charge in [0.25, 0.3) is 0 Å². The molecular weight excluding hydrogens is 343 g/mol. The van der Waals surface area contributed by atoms with Crippen LogP contribution in [0.3, 0.4) is 0 Å². The molecule has 0 aliphatic heterocycles. The predicted octanol–water partition coefficient (Wildman–Crippen LogP) is 2.97. The number of aryl methyl sites for hydroxylation is 1. The Kier molecular flexibility index (Phi) is 3.46. The number of hydrogen-bond acceptors (Lipinski definition) is 5. The number of aromatic amines is 1. The number of phenolic OH excluding ortho intramolecular Hbond substituents is 1. The van der Waals surface area contributed by atoms with Crippen molar-refractivity contribution in [2.75, 3.05) is 0 Å². The third-order valence-corrected chi connectivity index (χ3v) is 3.44. The fourth-order valence-electron chi connectivity index (χ4n) is 1.86. The van der Waals surface area contributed by atoms with Gasteiger partial charge in [0, 0.05) is 11.3 Å². The van der Waals surface area contributed by atoms with Gasteiger partial charge < -0.3 is 9.63 Å². The summed E-state index contributed by atoms with van der Waals surface area (Å²) in [5.41, 5.74) is 2.13. The molecule has 6 nitrogen and oxygen atoms in total. The SMILES string of the molecule is Cc1cc(Cc2nc(-c3cc(F)c(O)c(Br)c3)no2)n[nH]1. The second kappa shape index (κ2) is 5.28. The van der Waals surface area contributed by atoms with Crippen LogP contribution in [0.25, 0.3) is 11.4 Å². The molecule has 0 aliphatic rings. The van der Waals surface area contributed by atoms with Crippen molar-refractivity contribution in [2.45, 2.75) is 13.3 Å². The number of H-pyrrole nitrogens is 1. The molecule has 0 amide bonds. The van der Waals surface area contributed by atoms with E-state index in [1.165, 1.54) is 6.07 Å². The summed E-state index contributed by atoms with van der Waals surface area (Å²) in [5.74, 6) is -0.582. The topological polar surface area (TPSA) is 87.8 Å². The van der Waals surface area contributed by atoms with Gasteiger partial charge in [-0.25, -0.2) is 4.39 Å². The minimum atomic E-state index is -0.756. The number of aromatic hydroxyl groups is 1. The molecule has 2 N–H and O–H groups in total. The normalized spacial score (nSPS) is 11.0. The van der Waals surface area contributed by atoms with Crippen LogP contribution in [-0.4, -0.2) is 25.4 Å². The van der Waals surface area contributed by atoms with Gasteiger partial charge in [0.1, 0.15) is 0 Å². The first-order valence-electron chi connectivity index (χ1n) is 6.05. The average Bonchev–Trinajstić information content (AvgIpc) is 3.05. The highest BCUT2D eigenvalue weighted by Gasteiger charge is 2.14. The summed E-state index contributed by atoms with van der Waals surface area (Å²) in [7, 11) is 0. The van der Waals surface area contributed by atoms with Crippen molar-refractivity contribution < 1.29 is 14.0 Å². The summed E-state index contributed by atoms with van der Waals surface area (Å²) >= 11 is 3.07. The number of benzene rings is 1. The van der Waals surface area contributed by atoms with Gasteiger partial charge in [-0.05, 0) is 41.1 Å². The zero-order valence-corrected chi connectivity index (χ0v) is 12.5. The number of rotatable bonds is 3. The van der Waals surface area contributed by atoms with Crippen LogP contribution < -0.4 is 0 Å². The molecule has 108 valence electrons. The van der Waals surface area contributed by atoms with Crippen LogP contribution in [0.2, 0.25) is 0 Å². The third-order valence-electron chi connectivity index (χ3n) is 2.83. The quantitative estimate of drug-likeness (QED) is 0.756. The Morgan fingerprint density at radius 3 is 2.86 bits per heavy atom. The molecule has 0 fully saturated rings. The molecule has 0 saturated carbocycles. The molecule has 0 spiro atoms. The fourth-order valence-corrected chi connectivity index (χ4v) is 2.29. The predicted molar refractivity (Wildman–Crippen MR) is 75.2 cm³/mol. The summed E-state index contributed by atoms with van der Waals surface area (Å²) in [4.78, 5) is 4.20. The van der Waals surface area contributed by atoms with E-state index in [1.807, 2.05) is 13.0 Å². The van der Waals surface area contributed by atoms with Crippen LogP contribution in [0.5, 0.6) is 5.75 Å². The Balaban J connectivity index is 1.88. The Hall–Kier alpha value is -2.22. The van der Waals surface area contributed by atoms with Gasteiger partial charge in [0.05, 0.1) is 16.6 Å². The average molecular weight is 353 g/mol. The molecule has 21 heavy (non-hydrogen) atoms. The maximum absolute atomic E-state index is 13.5. The summed E-state index contributed by atoms with van der Waals surface area (Å²) in [6.07, 6.45) is 0.388. The van der Waals surface area contributed by atoms with Crippen LogP contribution in [0, 0.1) is 12.7 Å². The van der Waals surface area contributed by atoms with Crippen LogP contribution in [0.1, 0.15) is 17.3 Å².